The van der Waals surface area contributed by atoms with Crippen LogP contribution in [0.25, 0.3) is 283 Å². The minimum Gasteiger partial charge on any atom is -0.135 e. The fraction of sp³-hybridized carbons (Fsp3) is 0.0226. The van der Waals surface area contributed by atoms with Gasteiger partial charge in [0, 0.05) is 45.8 Å². The molecule has 0 saturated carbocycles. The van der Waals surface area contributed by atoms with Crippen LogP contribution in [0.2, 0.25) is 0 Å². The fourth-order valence-corrected chi connectivity index (χ4v) is 25.6. The Balaban J connectivity index is 0.000000101. The topological polar surface area (TPSA) is 0 Å². The van der Waals surface area contributed by atoms with Gasteiger partial charge in [-0.05, 0) is 350 Å². The van der Waals surface area contributed by atoms with Crippen LogP contribution in [-0.4, -0.2) is 0 Å². The third kappa shape index (κ3) is 12.3. The van der Waals surface area contributed by atoms with Crippen LogP contribution in [0.15, 0.2) is 461 Å². The predicted molar refractivity (Wildman–Crippen MR) is 582 cm³/mol. The Morgan fingerprint density at radius 1 is 0.133 bits per heavy atom. The zero-order valence-electron chi connectivity index (χ0n) is 74.2. The second-order valence-electron chi connectivity index (χ2n) is 37.5. The van der Waals surface area contributed by atoms with E-state index in [2.05, 4.69) is 475 Å². The van der Waals surface area contributed by atoms with Crippen LogP contribution in [-0.2, 0) is 5.41 Å². The third-order valence-electron chi connectivity index (χ3n) is 29.8. The summed E-state index contributed by atoms with van der Waals surface area (Å²) in [6, 6.07) is 172. The fourth-order valence-electron chi connectivity index (χ4n) is 23.3. The van der Waals surface area contributed by atoms with E-state index in [1.807, 2.05) is 22.7 Å². The molecule has 24 aromatic carbocycles. The highest BCUT2D eigenvalue weighted by Crippen LogP contribution is 2.57. The van der Waals surface area contributed by atoms with E-state index in [1.165, 1.54) is 294 Å². The lowest BCUT2D eigenvalue weighted by atomic mass is 9.82. The van der Waals surface area contributed by atoms with Gasteiger partial charge in [-0.3, -0.25) is 0 Å². The highest BCUT2D eigenvalue weighted by atomic mass is 32.1. The molecule has 30 rings (SSSR count). The van der Waals surface area contributed by atoms with Crippen molar-refractivity contribution in [3.05, 3.63) is 472 Å². The van der Waals surface area contributed by atoms with Gasteiger partial charge in [-0.15, -0.1) is 22.7 Å². The van der Waals surface area contributed by atoms with E-state index in [0.29, 0.717) is 0 Å². The molecule has 2 heteroatoms. The van der Waals surface area contributed by atoms with E-state index in [4.69, 9.17) is 0 Å². The molecule has 4 aliphatic rings. The SMILES string of the molecule is CC1(C)c2ccccc2-c2cc(-c3ccc(-c4ccc5c6c(cccc46)-c4cc6ccccc6cc4-5)cc3)ccc21.c1ccc(-c2ccc3cc(-c4ccc5cc(-c6ccc7c8c(cccc68)-c6cc8ccccc8cc6-7)ccc5c4)ccc3c2)cc1.c1ccc2c(c1)-c1cccc3c(-c4cc(-c5cccc6sc7ccccc7c56)cc(-c5cccc6sc7ccccc7c56)c4)ccc-2c13. The zero-order chi connectivity index (χ0) is 88.8. The maximum absolute atomic E-state index is 2.43. The first kappa shape index (κ1) is 77.3. The largest absolute Gasteiger partial charge is 0.135 e. The van der Waals surface area contributed by atoms with E-state index >= 15 is 0 Å². The van der Waals surface area contributed by atoms with Crippen LogP contribution >= 0.6 is 22.7 Å². The van der Waals surface area contributed by atoms with Crippen molar-refractivity contribution >= 4 is 138 Å². The second-order valence-corrected chi connectivity index (χ2v) is 39.7. The minimum absolute atomic E-state index is 0.0382. The van der Waals surface area contributed by atoms with Crippen molar-refractivity contribution in [1.29, 1.82) is 0 Å². The van der Waals surface area contributed by atoms with Gasteiger partial charge in [-0.2, -0.15) is 0 Å². The van der Waals surface area contributed by atoms with Gasteiger partial charge in [0.15, 0.2) is 0 Å². The molecule has 0 nitrogen and oxygen atoms in total. The second kappa shape index (κ2) is 30.3. The van der Waals surface area contributed by atoms with E-state index < -0.39 is 0 Å². The number of benzene rings is 24. The smallest absolute Gasteiger partial charge is 0.0361 e. The molecule has 26 aromatic rings. The van der Waals surface area contributed by atoms with Crippen LogP contribution < -0.4 is 0 Å². The molecule has 0 fully saturated rings. The first-order chi connectivity index (χ1) is 66.6. The molecule has 0 radical (unpaired) electrons. The van der Waals surface area contributed by atoms with Crippen LogP contribution in [0, 0.1) is 0 Å². The summed E-state index contributed by atoms with van der Waals surface area (Å²) in [7, 11) is 0. The molecule has 626 valence electrons. The summed E-state index contributed by atoms with van der Waals surface area (Å²) >= 11 is 3.77. The first-order valence-corrected chi connectivity index (χ1v) is 48.6. The lowest BCUT2D eigenvalue weighted by Crippen LogP contribution is -2.14. The summed E-state index contributed by atoms with van der Waals surface area (Å²) in [5, 5.41) is 23.6. The molecule has 0 unspecified atom stereocenters. The molecule has 2 heterocycles. The third-order valence-corrected chi connectivity index (χ3v) is 32.0. The highest BCUT2D eigenvalue weighted by Gasteiger charge is 2.36. The molecule has 0 bridgehead atoms. The molecule has 0 atom stereocenters. The number of hydrogen-bond donors (Lipinski definition) is 0. The van der Waals surface area contributed by atoms with Gasteiger partial charge in [0.05, 0.1) is 0 Å². The van der Waals surface area contributed by atoms with Crippen molar-refractivity contribution in [2.24, 2.45) is 0 Å². The van der Waals surface area contributed by atoms with Gasteiger partial charge >= 0.3 is 0 Å². The van der Waals surface area contributed by atoms with Crippen molar-refractivity contribution in [1.82, 2.24) is 0 Å². The van der Waals surface area contributed by atoms with E-state index in [-0.39, 0.29) is 5.41 Å². The summed E-state index contributed by atoms with van der Waals surface area (Å²) in [5.41, 5.74) is 41.9. The maximum atomic E-state index is 2.43. The van der Waals surface area contributed by atoms with Crippen molar-refractivity contribution < 1.29 is 0 Å². The highest BCUT2D eigenvalue weighted by molar-refractivity contribution is 7.26. The van der Waals surface area contributed by atoms with Gasteiger partial charge in [-0.1, -0.05) is 378 Å². The monoisotopic (exact) mass is 1740 g/mol. The number of hydrogen-bond acceptors (Lipinski definition) is 2. The molecule has 135 heavy (non-hydrogen) atoms. The summed E-state index contributed by atoms with van der Waals surface area (Å²) in [4.78, 5) is 0. The van der Waals surface area contributed by atoms with Crippen LogP contribution in [0.1, 0.15) is 25.0 Å². The van der Waals surface area contributed by atoms with Gasteiger partial charge in [0.25, 0.3) is 0 Å². The molecule has 0 spiro atoms. The van der Waals surface area contributed by atoms with Crippen LogP contribution in [0.5, 0.6) is 0 Å². The van der Waals surface area contributed by atoms with E-state index in [1.54, 1.807) is 0 Å². The Bertz CT molecular complexity index is 9330. The van der Waals surface area contributed by atoms with Crippen molar-refractivity contribution in [2.75, 3.05) is 0 Å². The standard InChI is InChI=1S/C46H26S2.C46H28.C41H28/c1-2-11-34-33(10-1)36-17-7-16-35-30(22-23-37(34)44(35)36)27-24-28(31-14-8-20-42-45(31)38-12-3-5-18-40(38)47-42)26-29(25-27)32-15-9-21-43-46(32)39-13-4-6-19-41(39)48-43;1-2-7-29(8-3-1)32-13-14-34-24-35(16-15-33(34)23-32)36-17-18-38-26-39(20-19-37(38)25-36)40-21-22-43-45-28-31-10-5-4-9-30(31)27-44(45)42-12-6-11-41(40)46(42)43;1-41(2)38-13-6-5-10-31(38)37-24-29(18-21-39(37)41)25-14-16-26(17-15-25)30-19-20-34-36-23-28-9-4-3-8-27(28)22-35(36)33-12-7-11-32(30)40(33)34/h1-26H;1-28H;3-24H,1-2H3. The maximum Gasteiger partial charge on any atom is 0.0361 e. The molecule has 4 aliphatic carbocycles. The van der Waals surface area contributed by atoms with Crippen molar-refractivity contribution in [3.8, 4) is 167 Å². The zero-order valence-corrected chi connectivity index (χ0v) is 75.8. The van der Waals surface area contributed by atoms with Gasteiger partial charge < -0.3 is 0 Å². The molecule has 2 aromatic heterocycles. The first-order valence-electron chi connectivity index (χ1n) is 46.9. The predicted octanol–water partition coefficient (Wildman–Crippen LogP) is 38.5. The van der Waals surface area contributed by atoms with Gasteiger partial charge in [0.1, 0.15) is 0 Å². The normalized spacial score (nSPS) is 12.6. The summed E-state index contributed by atoms with van der Waals surface area (Å²) < 4.78 is 5.32. The van der Waals surface area contributed by atoms with Crippen LogP contribution in [0.3, 0.4) is 0 Å². The lowest BCUT2D eigenvalue weighted by Gasteiger charge is -2.21. The van der Waals surface area contributed by atoms with Crippen LogP contribution in [0.4, 0.5) is 0 Å². The van der Waals surface area contributed by atoms with Crippen molar-refractivity contribution in [2.45, 2.75) is 19.3 Å². The molecule has 0 amide bonds. The average molecular weight is 1740 g/mol. The summed E-state index contributed by atoms with van der Waals surface area (Å²) in [6.07, 6.45) is 0. The quantitative estimate of drug-likeness (QED) is 0.142. The molecule has 0 saturated heterocycles. The Labute approximate surface area is 790 Å². The minimum atomic E-state index is 0.0382. The number of thiophene rings is 2. The Kier molecular flexibility index (Phi) is 17.4. The van der Waals surface area contributed by atoms with Crippen molar-refractivity contribution in [3.63, 3.8) is 0 Å². The number of fused-ring (bicyclic) bond motifs is 22. The Morgan fingerprint density at radius 3 is 0.919 bits per heavy atom. The summed E-state index contributed by atoms with van der Waals surface area (Å²) in [6.45, 7) is 4.68. The average Bonchev–Trinajstić information content (AvgIpc) is 1.58. The Hall–Kier alpha value is -16.5. The molecule has 0 N–H and O–H groups in total. The lowest BCUT2D eigenvalue weighted by molar-refractivity contribution is 0.660. The van der Waals surface area contributed by atoms with Gasteiger partial charge in [-0.25, -0.2) is 0 Å². The number of rotatable bonds is 8. The van der Waals surface area contributed by atoms with E-state index in [9.17, 15) is 0 Å². The van der Waals surface area contributed by atoms with Gasteiger partial charge in [0.2, 0.25) is 0 Å². The summed E-state index contributed by atoms with van der Waals surface area (Å²) in [5.74, 6) is 0. The molecule has 0 aliphatic heterocycles. The molecular formula is C133H82S2. The van der Waals surface area contributed by atoms with E-state index in [0.717, 1.165) is 0 Å². The molecular weight excluding hydrogens is 1660 g/mol. The Morgan fingerprint density at radius 2 is 0.422 bits per heavy atom.